The van der Waals surface area contributed by atoms with Gasteiger partial charge in [-0.25, -0.2) is 4.79 Å². The molecule has 0 aromatic heterocycles. The van der Waals surface area contributed by atoms with Crippen molar-refractivity contribution < 1.29 is 19.0 Å². The number of hydrogen-bond donors (Lipinski definition) is 2. The van der Waals surface area contributed by atoms with E-state index in [2.05, 4.69) is 31.5 Å². The Morgan fingerprint density at radius 2 is 2.15 bits per heavy atom. The van der Waals surface area contributed by atoms with Crippen LogP contribution < -0.4 is 24.8 Å². The average Bonchev–Trinajstić information content (AvgIpc) is 3.12. The summed E-state index contributed by atoms with van der Waals surface area (Å²) in [6, 6.07) is 9.15. The topological polar surface area (TPSA) is 72.1 Å². The van der Waals surface area contributed by atoms with Gasteiger partial charge in [0.05, 0.1) is 12.8 Å². The number of nitrogens with zero attached hydrogens (tertiary/aromatic N) is 1. The zero-order valence-corrected chi connectivity index (χ0v) is 16.6. The third-order valence-electron chi connectivity index (χ3n) is 4.79. The molecule has 0 unspecified atom stereocenters. The lowest BCUT2D eigenvalue weighted by molar-refractivity contribution is 0.169. The van der Waals surface area contributed by atoms with Gasteiger partial charge in [0, 0.05) is 16.6 Å². The maximum absolute atomic E-state index is 12.7. The Hall–Kier alpha value is -2.45. The van der Waals surface area contributed by atoms with Gasteiger partial charge in [-0.15, -0.1) is 0 Å². The minimum atomic E-state index is -0.347. The van der Waals surface area contributed by atoms with E-state index < -0.39 is 0 Å². The van der Waals surface area contributed by atoms with Gasteiger partial charge in [0.25, 0.3) is 0 Å². The van der Waals surface area contributed by atoms with Crippen molar-refractivity contribution in [2.45, 2.75) is 12.6 Å². The summed E-state index contributed by atoms with van der Waals surface area (Å²) in [7, 11) is 3.57. The van der Waals surface area contributed by atoms with Gasteiger partial charge >= 0.3 is 6.03 Å². The summed E-state index contributed by atoms with van der Waals surface area (Å²) in [5.74, 6) is 1.88. The smallest absolute Gasteiger partial charge is 0.320 e. The molecule has 0 bridgehead atoms. The van der Waals surface area contributed by atoms with E-state index in [-0.39, 0.29) is 19.0 Å². The van der Waals surface area contributed by atoms with Crippen LogP contribution in [-0.2, 0) is 6.42 Å². The van der Waals surface area contributed by atoms with E-state index in [1.165, 1.54) is 0 Å². The summed E-state index contributed by atoms with van der Waals surface area (Å²) < 4.78 is 17.6. The monoisotopic (exact) mass is 433 g/mol. The molecule has 142 valence electrons. The first kappa shape index (κ1) is 17.9. The van der Waals surface area contributed by atoms with Gasteiger partial charge in [0.15, 0.2) is 11.5 Å². The summed E-state index contributed by atoms with van der Waals surface area (Å²) in [6.07, 6.45) is 0.490. The number of urea groups is 1. The normalized spacial score (nSPS) is 18.0. The highest BCUT2D eigenvalue weighted by Crippen LogP contribution is 2.48. The van der Waals surface area contributed by atoms with Gasteiger partial charge in [-0.2, -0.15) is 0 Å². The SMILES string of the molecule is COc1c2c(cc3c1[C@H](NC(=O)Nc1ccccc1Br)N(C)CC3)OCO2. The Kier molecular flexibility index (Phi) is 4.84. The summed E-state index contributed by atoms with van der Waals surface area (Å²) in [5, 5.41) is 5.92. The number of methoxy groups -OCH3 is 1. The van der Waals surface area contributed by atoms with Crippen molar-refractivity contribution in [1.29, 1.82) is 0 Å². The number of hydrogen-bond acceptors (Lipinski definition) is 5. The number of carbonyl (C=O) groups is 1. The lowest BCUT2D eigenvalue weighted by Crippen LogP contribution is -2.45. The quantitative estimate of drug-likeness (QED) is 0.774. The predicted molar refractivity (Wildman–Crippen MR) is 104 cm³/mol. The van der Waals surface area contributed by atoms with Crippen LogP contribution in [0.2, 0.25) is 0 Å². The molecular formula is C19H20BrN3O4. The fraction of sp³-hybridized carbons (Fsp3) is 0.316. The van der Waals surface area contributed by atoms with Crippen LogP contribution in [0, 0.1) is 0 Å². The van der Waals surface area contributed by atoms with E-state index in [1.54, 1.807) is 7.11 Å². The molecule has 2 aromatic carbocycles. The number of benzene rings is 2. The van der Waals surface area contributed by atoms with Crippen molar-refractivity contribution in [3.05, 3.63) is 45.9 Å². The third kappa shape index (κ3) is 3.30. The number of para-hydroxylation sites is 1. The van der Waals surface area contributed by atoms with E-state index in [9.17, 15) is 4.79 Å². The Balaban J connectivity index is 1.64. The molecule has 27 heavy (non-hydrogen) atoms. The summed E-state index contributed by atoms with van der Waals surface area (Å²) in [6.45, 7) is 0.973. The lowest BCUT2D eigenvalue weighted by Gasteiger charge is -2.36. The molecule has 2 aliphatic heterocycles. The van der Waals surface area contributed by atoms with Crippen LogP contribution in [0.15, 0.2) is 34.8 Å². The van der Waals surface area contributed by atoms with Crippen LogP contribution in [0.25, 0.3) is 0 Å². The van der Waals surface area contributed by atoms with Crippen LogP contribution >= 0.6 is 15.9 Å². The number of rotatable bonds is 3. The highest BCUT2D eigenvalue weighted by atomic mass is 79.9. The molecule has 1 atom stereocenters. The van der Waals surface area contributed by atoms with E-state index in [0.29, 0.717) is 22.9 Å². The van der Waals surface area contributed by atoms with Gasteiger partial charge in [0.1, 0.15) is 6.17 Å². The molecule has 0 radical (unpaired) electrons. The van der Waals surface area contributed by atoms with Crippen molar-refractivity contribution in [2.75, 3.05) is 32.8 Å². The fourth-order valence-corrected chi connectivity index (χ4v) is 3.84. The molecule has 0 saturated carbocycles. The summed E-state index contributed by atoms with van der Waals surface area (Å²) >= 11 is 3.44. The number of likely N-dealkylation sites (N-methyl/N-ethyl adjacent to an activating group) is 1. The average molecular weight is 434 g/mol. The molecule has 2 aliphatic rings. The molecule has 8 heteroatoms. The minimum Gasteiger partial charge on any atom is -0.492 e. The molecule has 0 aliphatic carbocycles. The van der Waals surface area contributed by atoms with Crippen molar-refractivity contribution in [2.24, 2.45) is 0 Å². The van der Waals surface area contributed by atoms with Crippen LogP contribution in [0.4, 0.5) is 10.5 Å². The largest absolute Gasteiger partial charge is 0.492 e. The molecule has 7 nitrogen and oxygen atoms in total. The second-order valence-electron chi connectivity index (χ2n) is 6.43. The maximum atomic E-state index is 12.7. The number of nitrogens with one attached hydrogen (secondary N) is 2. The molecule has 2 heterocycles. The van der Waals surface area contributed by atoms with Crippen LogP contribution in [0.5, 0.6) is 17.2 Å². The number of carbonyl (C=O) groups excluding carboxylic acids is 1. The van der Waals surface area contributed by atoms with Crippen LogP contribution in [0.1, 0.15) is 17.3 Å². The van der Waals surface area contributed by atoms with Gasteiger partial charge in [-0.05, 0) is 53.2 Å². The number of fused-ring (bicyclic) bond motifs is 2. The molecule has 0 spiro atoms. The number of ether oxygens (including phenoxy) is 3. The van der Waals surface area contributed by atoms with Crippen molar-refractivity contribution >= 4 is 27.6 Å². The number of halogens is 1. The minimum absolute atomic E-state index is 0.172. The molecule has 2 N–H and O–H groups in total. The Bertz CT molecular complexity index is 889. The molecule has 0 fully saturated rings. The zero-order valence-electron chi connectivity index (χ0n) is 15.0. The number of anilines is 1. The molecular weight excluding hydrogens is 414 g/mol. The first-order valence-electron chi connectivity index (χ1n) is 8.60. The van der Waals surface area contributed by atoms with Crippen LogP contribution in [0.3, 0.4) is 0 Å². The Labute approximate surface area is 165 Å². The van der Waals surface area contributed by atoms with E-state index in [1.807, 2.05) is 37.4 Å². The van der Waals surface area contributed by atoms with Gasteiger partial charge in [-0.3, -0.25) is 4.90 Å². The predicted octanol–water partition coefficient (Wildman–Crippen LogP) is 3.49. The van der Waals surface area contributed by atoms with E-state index >= 15 is 0 Å². The second kappa shape index (κ2) is 7.28. The Morgan fingerprint density at radius 1 is 1.33 bits per heavy atom. The second-order valence-corrected chi connectivity index (χ2v) is 7.28. The van der Waals surface area contributed by atoms with E-state index in [0.717, 1.165) is 28.6 Å². The summed E-state index contributed by atoms with van der Waals surface area (Å²) in [4.78, 5) is 14.7. The first-order chi connectivity index (χ1) is 13.1. The number of amides is 2. The van der Waals surface area contributed by atoms with Crippen molar-refractivity contribution in [3.8, 4) is 17.2 Å². The van der Waals surface area contributed by atoms with E-state index in [4.69, 9.17) is 14.2 Å². The highest BCUT2D eigenvalue weighted by molar-refractivity contribution is 9.10. The first-order valence-corrected chi connectivity index (χ1v) is 9.39. The van der Waals surface area contributed by atoms with Crippen molar-refractivity contribution in [3.63, 3.8) is 0 Å². The van der Waals surface area contributed by atoms with Gasteiger partial charge < -0.3 is 24.8 Å². The molecule has 2 aromatic rings. The van der Waals surface area contributed by atoms with Crippen molar-refractivity contribution in [1.82, 2.24) is 10.2 Å². The maximum Gasteiger partial charge on any atom is 0.320 e. The summed E-state index contributed by atoms with van der Waals surface area (Å²) in [5.41, 5.74) is 2.68. The highest BCUT2D eigenvalue weighted by Gasteiger charge is 2.34. The zero-order chi connectivity index (χ0) is 19.0. The standard InChI is InChI=1S/C19H20BrN3O4/c1-23-8-7-11-9-14-16(27-10-26-14)17(25-2)15(11)18(23)22-19(24)21-13-6-4-3-5-12(13)20/h3-6,9,18H,7-8,10H2,1-2H3,(H2,21,22,24)/t18-/m1/s1. The van der Waals surface area contributed by atoms with Crippen LogP contribution in [-0.4, -0.2) is 38.4 Å². The fourth-order valence-electron chi connectivity index (χ4n) is 3.46. The Morgan fingerprint density at radius 3 is 2.93 bits per heavy atom. The molecule has 4 rings (SSSR count). The molecule has 0 saturated heterocycles. The van der Waals surface area contributed by atoms with Gasteiger partial charge in [0.2, 0.25) is 12.5 Å². The lowest BCUT2D eigenvalue weighted by atomic mass is 9.95. The van der Waals surface area contributed by atoms with Gasteiger partial charge in [-0.1, -0.05) is 12.1 Å². The molecule has 2 amide bonds. The third-order valence-corrected chi connectivity index (χ3v) is 5.48.